The van der Waals surface area contributed by atoms with E-state index < -0.39 is 0 Å². The molecule has 0 amide bonds. The molecule has 2 aliphatic rings. The lowest BCUT2D eigenvalue weighted by molar-refractivity contribution is 0.935. The summed E-state index contributed by atoms with van der Waals surface area (Å²) in [6.07, 6.45) is 6.08. The second kappa shape index (κ2) is 0.622. The molecule has 0 bridgehead atoms. The third-order valence-corrected chi connectivity index (χ3v) is 2.39. The van der Waals surface area contributed by atoms with Crippen LogP contribution in [0.1, 0.15) is 12.8 Å². The monoisotopic (exact) mass is 93.0 g/mol. The van der Waals surface area contributed by atoms with Crippen LogP contribution in [0.3, 0.4) is 0 Å². The van der Waals surface area contributed by atoms with Crippen LogP contribution < -0.4 is 0 Å². The Morgan fingerprint density at radius 2 is 2.17 bits per heavy atom. The lowest BCUT2D eigenvalue weighted by Gasteiger charge is -1.70. The summed E-state index contributed by atoms with van der Waals surface area (Å²) in [4.78, 5) is 0. The molecule has 2 fully saturated rings. The van der Waals surface area contributed by atoms with Crippen molar-refractivity contribution in [1.82, 2.24) is 0 Å². The Kier molecular flexibility index (Phi) is 0.337. The summed E-state index contributed by atoms with van der Waals surface area (Å²) >= 11 is 0. The quantitative estimate of drug-likeness (QED) is 0.389. The Morgan fingerprint density at radius 3 is 2.17 bits per heavy atom. The van der Waals surface area contributed by atoms with Crippen LogP contribution >= 0.6 is 0 Å². The zero-order valence-corrected chi connectivity index (χ0v) is 4.49. The minimum atomic E-state index is 0.622. The number of rotatable bonds is 0. The Bertz CT molecular complexity index is 83.9. The van der Waals surface area contributed by atoms with Crippen LogP contribution in [0.4, 0.5) is 0 Å². The van der Waals surface area contributed by atoms with E-state index >= 15 is 0 Å². The Hall–Kier alpha value is 0.217. The van der Waals surface area contributed by atoms with Crippen molar-refractivity contribution in [2.75, 3.05) is 0 Å². The average Bonchev–Trinajstić information content (AvgIpc) is 2.25. The predicted octanol–water partition coefficient (Wildman–Crippen LogP) is 0.818. The number of hydrogen-bond donors (Lipinski definition) is 0. The third-order valence-electron chi connectivity index (χ3n) is 1.69. The second-order valence-corrected chi connectivity index (χ2v) is 2.81. The molecule has 5 radical (unpaired) electrons. The van der Waals surface area contributed by atoms with E-state index in [0.717, 1.165) is 0 Å². The zero-order valence-electron chi connectivity index (χ0n) is 3.49. The van der Waals surface area contributed by atoms with Gasteiger partial charge in [-0.3, -0.25) is 0 Å². The van der Waals surface area contributed by atoms with Crippen LogP contribution in [0.15, 0.2) is 0 Å². The van der Waals surface area contributed by atoms with Crippen molar-refractivity contribution in [1.29, 1.82) is 0 Å². The summed E-state index contributed by atoms with van der Waals surface area (Å²) in [6, 6.07) is 0. The smallest absolute Gasteiger partial charge is 0.0282 e. The first-order valence-electron chi connectivity index (χ1n) is 2.32. The van der Waals surface area contributed by atoms with Gasteiger partial charge in [0.15, 0.2) is 0 Å². The van der Waals surface area contributed by atoms with Crippen molar-refractivity contribution >= 4 is 10.2 Å². The van der Waals surface area contributed by atoms with Gasteiger partial charge in [-0.05, 0) is 30.2 Å². The lowest BCUT2D eigenvalue weighted by Crippen LogP contribution is -1.65. The Balaban J connectivity index is 2.17. The van der Waals surface area contributed by atoms with E-state index in [2.05, 4.69) is 16.7 Å². The van der Waals surface area contributed by atoms with Crippen LogP contribution in [0.25, 0.3) is 0 Å². The third kappa shape index (κ3) is 0.216. The molecule has 2 saturated carbocycles. The van der Waals surface area contributed by atoms with Crippen molar-refractivity contribution in [3.8, 4) is 0 Å². The summed E-state index contributed by atoms with van der Waals surface area (Å²) in [5, 5.41) is 0. The normalized spacial score (nSPS) is 46.5. The molecule has 1 spiro atoms. The van der Waals surface area contributed by atoms with E-state index in [9.17, 15) is 0 Å². The molecule has 0 aromatic heterocycles. The molecule has 0 aromatic rings. The van der Waals surface area contributed by atoms with Gasteiger partial charge in [0.2, 0.25) is 0 Å². The molecule has 1 unspecified atom stereocenters. The average molecular weight is 93.2 g/mol. The first-order valence-corrected chi connectivity index (χ1v) is 2.90. The molecule has 1 heteroatoms. The molecule has 1 atom stereocenters. The maximum Gasteiger partial charge on any atom is 0.0282 e. The van der Waals surface area contributed by atoms with Crippen molar-refractivity contribution in [2.24, 2.45) is 5.41 Å². The SMILES string of the molecule is [Si]C1[C]C12CC2. The Morgan fingerprint density at radius 1 is 1.67 bits per heavy atom. The zero-order chi connectivity index (χ0) is 4.20. The minimum absolute atomic E-state index is 0.622. The van der Waals surface area contributed by atoms with Gasteiger partial charge in [0.1, 0.15) is 0 Å². The van der Waals surface area contributed by atoms with E-state index in [0.29, 0.717) is 11.0 Å². The fourth-order valence-corrected chi connectivity index (χ4v) is 1.39. The van der Waals surface area contributed by atoms with Crippen LogP contribution in [-0.2, 0) is 0 Å². The van der Waals surface area contributed by atoms with Gasteiger partial charge in [-0.1, -0.05) is 0 Å². The Labute approximate surface area is 41.4 Å². The molecule has 0 saturated heterocycles. The van der Waals surface area contributed by atoms with E-state index in [4.69, 9.17) is 0 Å². The van der Waals surface area contributed by atoms with Crippen LogP contribution in [0, 0.1) is 11.8 Å². The van der Waals surface area contributed by atoms with Gasteiger partial charge in [-0.2, -0.15) is 0 Å². The predicted molar refractivity (Wildman–Crippen MR) is 24.4 cm³/mol. The van der Waals surface area contributed by atoms with Gasteiger partial charge in [0.05, 0.1) is 0 Å². The molecule has 0 N–H and O–H groups in total. The lowest BCUT2D eigenvalue weighted by atomic mass is 10.4. The molecule has 0 aromatic carbocycles. The molecule has 2 aliphatic carbocycles. The fraction of sp³-hybridized carbons (Fsp3) is 0.800. The molecule has 0 heterocycles. The van der Waals surface area contributed by atoms with Gasteiger partial charge >= 0.3 is 0 Å². The van der Waals surface area contributed by atoms with Crippen molar-refractivity contribution < 1.29 is 0 Å². The van der Waals surface area contributed by atoms with Crippen molar-refractivity contribution in [3.63, 3.8) is 0 Å². The largest absolute Gasteiger partial charge is 0.0465 e. The van der Waals surface area contributed by atoms with E-state index in [1.54, 1.807) is 0 Å². The van der Waals surface area contributed by atoms with Crippen LogP contribution in [0.5, 0.6) is 0 Å². The van der Waals surface area contributed by atoms with E-state index in [1.165, 1.54) is 12.8 Å². The topological polar surface area (TPSA) is 0 Å². The fourth-order valence-electron chi connectivity index (χ4n) is 0.813. The standard InChI is InChI=1S/C5H5Si/c6-4-3-5(4)1-2-5/h4H,1-2H2. The minimum Gasteiger partial charge on any atom is -0.0465 e. The first kappa shape index (κ1) is 3.25. The highest BCUT2D eigenvalue weighted by molar-refractivity contribution is 6.16. The molecule has 29 valence electrons. The highest BCUT2D eigenvalue weighted by Gasteiger charge is 2.60. The molecule has 2 rings (SSSR count). The summed E-state index contributed by atoms with van der Waals surface area (Å²) in [5.74, 6) is 0. The summed E-state index contributed by atoms with van der Waals surface area (Å²) in [7, 11) is 3.50. The summed E-state index contributed by atoms with van der Waals surface area (Å²) in [5.41, 5.74) is 1.29. The second-order valence-electron chi connectivity index (χ2n) is 2.23. The highest BCUT2D eigenvalue weighted by Crippen LogP contribution is 2.72. The van der Waals surface area contributed by atoms with Gasteiger partial charge < -0.3 is 0 Å². The first-order chi connectivity index (χ1) is 2.83. The number of hydrogen-bond acceptors (Lipinski definition) is 0. The van der Waals surface area contributed by atoms with Gasteiger partial charge in [-0.25, -0.2) is 0 Å². The van der Waals surface area contributed by atoms with E-state index in [-0.39, 0.29) is 0 Å². The van der Waals surface area contributed by atoms with Gasteiger partial charge in [0.25, 0.3) is 0 Å². The van der Waals surface area contributed by atoms with Gasteiger partial charge in [-0.15, -0.1) is 0 Å². The van der Waals surface area contributed by atoms with Gasteiger partial charge in [0, 0.05) is 10.2 Å². The maximum atomic E-state index is 3.50. The molecule has 6 heavy (non-hydrogen) atoms. The van der Waals surface area contributed by atoms with E-state index in [1.807, 2.05) is 0 Å². The molecule has 0 nitrogen and oxygen atoms in total. The highest BCUT2D eigenvalue weighted by atomic mass is 28.1. The molecular formula is C5H5Si. The van der Waals surface area contributed by atoms with Crippen molar-refractivity contribution in [3.05, 3.63) is 6.42 Å². The van der Waals surface area contributed by atoms with Crippen LogP contribution in [0.2, 0.25) is 5.54 Å². The maximum absolute atomic E-state index is 3.50. The molecule has 0 aliphatic heterocycles. The van der Waals surface area contributed by atoms with Crippen molar-refractivity contribution in [2.45, 2.75) is 18.4 Å². The van der Waals surface area contributed by atoms with Crippen LogP contribution in [-0.4, -0.2) is 10.2 Å². The summed E-state index contributed by atoms with van der Waals surface area (Å²) < 4.78 is 0. The summed E-state index contributed by atoms with van der Waals surface area (Å²) in [6.45, 7) is 0. The molecular weight excluding hydrogens is 88.1 g/mol.